The number of anilines is 1. The normalized spacial score (nSPS) is 11.9. The van der Waals surface area contributed by atoms with Gasteiger partial charge in [0.25, 0.3) is 0 Å². The number of carbonyl (C=O) groups is 1. The van der Waals surface area contributed by atoms with Gasteiger partial charge in [-0.25, -0.2) is 0 Å². The topological polar surface area (TPSA) is 50.8 Å². The number of hydrogen-bond acceptors (Lipinski definition) is 4. The Labute approximate surface area is 157 Å². The summed E-state index contributed by atoms with van der Waals surface area (Å²) in [5, 5.41) is 2.93. The van der Waals surface area contributed by atoms with Crippen LogP contribution in [0.4, 0.5) is 5.69 Å². The van der Waals surface area contributed by atoms with Crippen molar-refractivity contribution in [2.75, 3.05) is 26.6 Å². The second-order valence-corrected chi connectivity index (χ2v) is 6.69. The third-order valence-electron chi connectivity index (χ3n) is 4.03. The van der Waals surface area contributed by atoms with E-state index in [4.69, 9.17) is 9.47 Å². The first-order valence-corrected chi connectivity index (χ1v) is 8.71. The van der Waals surface area contributed by atoms with Gasteiger partial charge < -0.3 is 14.8 Å². The van der Waals surface area contributed by atoms with Gasteiger partial charge in [-0.2, -0.15) is 0 Å². The number of rotatable bonds is 7. The first-order chi connectivity index (χ1) is 11.9. The largest absolute Gasteiger partial charge is 0.493 e. The van der Waals surface area contributed by atoms with Crippen molar-refractivity contribution in [2.24, 2.45) is 0 Å². The molecule has 2 rings (SSSR count). The van der Waals surface area contributed by atoms with Crippen molar-refractivity contribution in [3.05, 3.63) is 52.5 Å². The van der Waals surface area contributed by atoms with E-state index in [9.17, 15) is 4.79 Å². The number of carbonyl (C=O) groups excluding carboxylic acids is 1. The van der Waals surface area contributed by atoms with E-state index in [0.717, 1.165) is 15.7 Å². The lowest BCUT2D eigenvalue weighted by atomic mass is 10.1. The van der Waals surface area contributed by atoms with Gasteiger partial charge in [0.1, 0.15) is 0 Å². The molecule has 0 radical (unpaired) electrons. The highest BCUT2D eigenvalue weighted by Crippen LogP contribution is 2.28. The number of ether oxygens (including phenoxy) is 2. The number of benzene rings is 2. The van der Waals surface area contributed by atoms with Crippen LogP contribution >= 0.6 is 15.9 Å². The van der Waals surface area contributed by atoms with Crippen LogP contribution in [0, 0.1) is 0 Å². The maximum absolute atomic E-state index is 12.4. The number of methoxy groups -OCH3 is 2. The van der Waals surface area contributed by atoms with Gasteiger partial charge >= 0.3 is 0 Å². The molecule has 25 heavy (non-hydrogen) atoms. The molecule has 0 aliphatic rings. The summed E-state index contributed by atoms with van der Waals surface area (Å²) < 4.78 is 11.6. The summed E-state index contributed by atoms with van der Waals surface area (Å²) in [6.07, 6.45) is 0. The summed E-state index contributed by atoms with van der Waals surface area (Å²) >= 11 is 3.38. The van der Waals surface area contributed by atoms with Crippen LogP contribution in [0.15, 0.2) is 46.9 Å². The van der Waals surface area contributed by atoms with E-state index >= 15 is 0 Å². The van der Waals surface area contributed by atoms with E-state index in [1.165, 1.54) is 0 Å². The van der Waals surface area contributed by atoms with Gasteiger partial charge in [0.05, 0.1) is 20.3 Å². The molecule has 0 aliphatic carbocycles. The molecule has 0 saturated carbocycles. The second-order valence-electron chi connectivity index (χ2n) is 5.78. The molecule has 1 atom stereocenters. The van der Waals surface area contributed by atoms with Gasteiger partial charge in [0, 0.05) is 16.7 Å². The van der Waals surface area contributed by atoms with Gasteiger partial charge in [-0.05, 0) is 55.9 Å². The molecule has 6 heteroatoms. The van der Waals surface area contributed by atoms with Gasteiger partial charge in [0.2, 0.25) is 5.91 Å². The fourth-order valence-corrected chi connectivity index (χ4v) is 2.65. The Morgan fingerprint density at radius 1 is 1.12 bits per heavy atom. The molecule has 0 bridgehead atoms. The fourth-order valence-electron chi connectivity index (χ4n) is 2.38. The van der Waals surface area contributed by atoms with Crippen LogP contribution in [0.25, 0.3) is 0 Å². The summed E-state index contributed by atoms with van der Waals surface area (Å²) in [7, 11) is 5.14. The van der Waals surface area contributed by atoms with E-state index in [0.29, 0.717) is 18.0 Å². The smallest absolute Gasteiger partial charge is 0.241 e. The third-order valence-corrected chi connectivity index (χ3v) is 4.56. The summed E-state index contributed by atoms with van der Waals surface area (Å²) in [5.74, 6) is 1.32. The number of halogens is 1. The Morgan fingerprint density at radius 2 is 1.76 bits per heavy atom. The number of likely N-dealkylation sites (N-methyl/N-ethyl adjacent to an activating group) is 1. The van der Waals surface area contributed by atoms with Crippen molar-refractivity contribution >= 4 is 27.5 Å². The van der Waals surface area contributed by atoms with E-state index < -0.39 is 0 Å². The molecule has 0 fully saturated rings. The summed E-state index contributed by atoms with van der Waals surface area (Å²) in [6.45, 7) is 2.50. The minimum absolute atomic E-state index is 0.0506. The third kappa shape index (κ3) is 5.21. The van der Waals surface area contributed by atoms with Gasteiger partial charge in [-0.1, -0.05) is 22.0 Å². The van der Waals surface area contributed by atoms with Crippen LogP contribution in [0.2, 0.25) is 0 Å². The van der Waals surface area contributed by atoms with Crippen LogP contribution in [0.5, 0.6) is 11.5 Å². The first-order valence-electron chi connectivity index (χ1n) is 7.92. The molecule has 0 saturated heterocycles. The molecular weight excluding hydrogens is 384 g/mol. The van der Waals surface area contributed by atoms with Crippen molar-refractivity contribution < 1.29 is 14.3 Å². The zero-order chi connectivity index (χ0) is 18.4. The molecule has 134 valence electrons. The Morgan fingerprint density at radius 3 is 2.36 bits per heavy atom. The van der Waals surface area contributed by atoms with E-state index in [-0.39, 0.29) is 11.9 Å². The van der Waals surface area contributed by atoms with Crippen LogP contribution in [0.1, 0.15) is 12.5 Å². The Hall–Kier alpha value is -2.05. The van der Waals surface area contributed by atoms with Gasteiger partial charge in [0.15, 0.2) is 11.5 Å². The molecular formula is C19H23BrN2O3. The van der Waals surface area contributed by atoms with Crippen LogP contribution in [-0.2, 0) is 11.3 Å². The average molecular weight is 407 g/mol. The van der Waals surface area contributed by atoms with Gasteiger partial charge in [-0.3, -0.25) is 9.69 Å². The molecule has 0 heterocycles. The second kappa shape index (κ2) is 8.87. The summed E-state index contributed by atoms with van der Waals surface area (Å²) in [5.41, 5.74) is 1.82. The minimum atomic E-state index is -0.281. The van der Waals surface area contributed by atoms with Crippen molar-refractivity contribution in [1.82, 2.24) is 4.90 Å². The number of hydrogen-bond donors (Lipinski definition) is 1. The molecule has 1 N–H and O–H groups in total. The number of amides is 1. The lowest BCUT2D eigenvalue weighted by Gasteiger charge is -2.24. The standard InChI is InChI=1S/C19H23BrN2O3/c1-13(19(23)21-16-8-6-15(20)7-9-16)22(2)12-14-5-10-17(24-3)18(11-14)25-4/h5-11,13H,12H2,1-4H3,(H,21,23)/t13-/m0/s1. The SMILES string of the molecule is COc1ccc(CN(C)[C@@H](C)C(=O)Nc2ccc(Br)cc2)cc1OC. The molecule has 0 aromatic heterocycles. The predicted molar refractivity (Wildman–Crippen MR) is 103 cm³/mol. The van der Waals surface area contributed by atoms with Crippen molar-refractivity contribution in [3.63, 3.8) is 0 Å². The highest BCUT2D eigenvalue weighted by molar-refractivity contribution is 9.10. The molecule has 2 aromatic rings. The monoisotopic (exact) mass is 406 g/mol. The zero-order valence-corrected chi connectivity index (χ0v) is 16.5. The van der Waals surface area contributed by atoms with Crippen LogP contribution in [-0.4, -0.2) is 38.1 Å². The number of nitrogens with zero attached hydrogens (tertiary/aromatic N) is 1. The lowest BCUT2D eigenvalue weighted by Crippen LogP contribution is -2.39. The highest BCUT2D eigenvalue weighted by Gasteiger charge is 2.19. The molecule has 0 aliphatic heterocycles. The van der Waals surface area contributed by atoms with E-state index in [2.05, 4.69) is 21.2 Å². The van der Waals surface area contributed by atoms with Crippen molar-refractivity contribution in [2.45, 2.75) is 19.5 Å². The maximum atomic E-state index is 12.4. The van der Waals surface area contributed by atoms with Crippen molar-refractivity contribution in [1.29, 1.82) is 0 Å². The highest BCUT2D eigenvalue weighted by atomic mass is 79.9. The molecule has 0 unspecified atom stereocenters. The van der Waals surface area contributed by atoms with Crippen LogP contribution in [0.3, 0.4) is 0 Å². The quantitative estimate of drug-likeness (QED) is 0.756. The first kappa shape index (κ1) is 19.3. The lowest BCUT2D eigenvalue weighted by molar-refractivity contribution is -0.120. The Balaban J connectivity index is 2.00. The minimum Gasteiger partial charge on any atom is -0.493 e. The van der Waals surface area contributed by atoms with Crippen LogP contribution < -0.4 is 14.8 Å². The fraction of sp³-hybridized carbons (Fsp3) is 0.316. The Bertz CT molecular complexity index is 719. The molecule has 0 spiro atoms. The summed E-state index contributed by atoms with van der Waals surface area (Å²) in [6, 6.07) is 13.0. The van der Waals surface area contributed by atoms with E-state index in [1.807, 2.05) is 61.3 Å². The van der Waals surface area contributed by atoms with Crippen molar-refractivity contribution in [3.8, 4) is 11.5 Å². The molecule has 5 nitrogen and oxygen atoms in total. The molecule has 2 aromatic carbocycles. The van der Waals surface area contributed by atoms with E-state index in [1.54, 1.807) is 14.2 Å². The number of nitrogens with one attached hydrogen (secondary N) is 1. The maximum Gasteiger partial charge on any atom is 0.241 e. The zero-order valence-electron chi connectivity index (χ0n) is 14.9. The average Bonchev–Trinajstić information content (AvgIpc) is 2.62. The Kier molecular flexibility index (Phi) is 6.84. The predicted octanol–water partition coefficient (Wildman–Crippen LogP) is 3.93. The van der Waals surface area contributed by atoms with Gasteiger partial charge in [-0.15, -0.1) is 0 Å². The molecule has 1 amide bonds. The summed E-state index contributed by atoms with van der Waals surface area (Å²) in [4.78, 5) is 14.4.